The minimum atomic E-state index is -0.444. The monoisotopic (exact) mass is 554 g/mol. The molecule has 2 fully saturated rings. The van der Waals surface area contributed by atoms with Crippen molar-refractivity contribution in [1.82, 2.24) is 15.5 Å². The second-order valence-corrected chi connectivity index (χ2v) is 9.22. The van der Waals surface area contributed by atoms with Crippen molar-refractivity contribution in [2.45, 2.75) is 59.0 Å². The molecule has 0 saturated carbocycles. The lowest BCUT2D eigenvalue weighted by atomic mass is 9.97. The summed E-state index contributed by atoms with van der Waals surface area (Å²) in [6.07, 6.45) is 3.78. The van der Waals surface area contributed by atoms with Crippen LogP contribution in [0.15, 0.2) is 4.99 Å². The molecule has 1 amide bonds. The van der Waals surface area contributed by atoms with Crippen LogP contribution in [0, 0.1) is 11.8 Å². The van der Waals surface area contributed by atoms with Crippen LogP contribution in [-0.4, -0.2) is 81.7 Å². The number of guanidine groups is 1. The van der Waals surface area contributed by atoms with Crippen LogP contribution >= 0.6 is 24.0 Å². The molecule has 9 heteroatoms. The number of nitrogens with one attached hydrogen (secondary N) is 2. The predicted octanol–water partition coefficient (Wildman–Crippen LogP) is 3.25. The Bertz CT molecular complexity index is 528. The summed E-state index contributed by atoms with van der Waals surface area (Å²) in [5.41, 5.74) is -0.444. The van der Waals surface area contributed by atoms with Crippen molar-refractivity contribution in [3.63, 3.8) is 0 Å². The lowest BCUT2D eigenvalue weighted by Gasteiger charge is -2.33. The van der Waals surface area contributed by atoms with Crippen LogP contribution in [0.3, 0.4) is 0 Å². The molecule has 2 rings (SSSR count). The minimum absolute atomic E-state index is 0. The molecule has 2 saturated heterocycles. The first kappa shape index (κ1) is 28.2. The zero-order valence-electron chi connectivity index (χ0n) is 19.8. The van der Waals surface area contributed by atoms with E-state index in [0.29, 0.717) is 11.8 Å². The van der Waals surface area contributed by atoms with Crippen LogP contribution in [0.5, 0.6) is 0 Å². The Hall–Kier alpha value is -0.810. The molecule has 8 nitrogen and oxygen atoms in total. The number of ether oxygens (including phenoxy) is 3. The van der Waals surface area contributed by atoms with E-state index in [0.717, 1.165) is 90.8 Å². The largest absolute Gasteiger partial charge is 0.444 e. The van der Waals surface area contributed by atoms with E-state index in [1.54, 1.807) is 0 Å². The van der Waals surface area contributed by atoms with Gasteiger partial charge in [0.05, 0.1) is 13.2 Å². The SMILES string of the molecule is CCNC(=NCC1CCN(C(=O)OC(C)(C)C)CC1)NCCCOCC1CCOC1.I. The summed E-state index contributed by atoms with van der Waals surface area (Å²) in [6.45, 7) is 15.0. The van der Waals surface area contributed by atoms with Gasteiger partial charge in [-0.2, -0.15) is 0 Å². The molecule has 0 bridgehead atoms. The van der Waals surface area contributed by atoms with Crippen LogP contribution in [0.25, 0.3) is 0 Å². The van der Waals surface area contributed by atoms with Crippen LogP contribution in [-0.2, 0) is 14.2 Å². The van der Waals surface area contributed by atoms with E-state index in [-0.39, 0.29) is 30.1 Å². The molecule has 1 atom stereocenters. The summed E-state index contributed by atoms with van der Waals surface area (Å²) < 4.78 is 16.6. The summed E-state index contributed by atoms with van der Waals surface area (Å²) in [5.74, 6) is 1.92. The number of hydrogen-bond acceptors (Lipinski definition) is 5. The van der Waals surface area contributed by atoms with Crippen molar-refractivity contribution < 1.29 is 19.0 Å². The van der Waals surface area contributed by atoms with Crippen molar-refractivity contribution in [3.05, 3.63) is 0 Å². The van der Waals surface area contributed by atoms with Crippen LogP contribution in [0.2, 0.25) is 0 Å². The summed E-state index contributed by atoms with van der Waals surface area (Å²) in [7, 11) is 0. The van der Waals surface area contributed by atoms with Gasteiger partial charge in [-0.3, -0.25) is 4.99 Å². The molecule has 182 valence electrons. The highest BCUT2D eigenvalue weighted by atomic mass is 127. The zero-order valence-corrected chi connectivity index (χ0v) is 22.1. The lowest BCUT2D eigenvalue weighted by Crippen LogP contribution is -2.42. The van der Waals surface area contributed by atoms with E-state index < -0.39 is 5.60 Å². The number of rotatable bonds is 9. The Morgan fingerprint density at radius 3 is 2.52 bits per heavy atom. The number of hydrogen-bond donors (Lipinski definition) is 2. The Labute approximate surface area is 205 Å². The molecule has 2 aliphatic heterocycles. The van der Waals surface area contributed by atoms with Gasteiger partial charge < -0.3 is 29.7 Å². The second-order valence-electron chi connectivity index (χ2n) is 9.22. The van der Waals surface area contributed by atoms with E-state index in [1.165, 1.54) is 0 Å². The number of halogens is 1. The highest BCUT2D eigenvalue weighted by Gasteiger charge is 2.26. The molecule has 2 aliphatic rings. The average molecular weight is 555 g/mol. The molecule has 2 heterocycles. The average Bonchev–Trinajstić information content (AvgIpc) is 3.21. The summed E-state index contributed by atoms with van der Waals surface area (Å²) in [6, 6.07) is 0. The first-order valence-electron chi connectivity index (χ1n) is 11.5. The Morgan fingerprint density at radius 1 is 1.16 bits per heavy atom. The maximum Gasteiger partial charge on any atom is 0.410 e. The Kier molecular flexibility index (Phi) is 13.8. The third-order valence-corrected chi connectivity index (χ3v) is 5.25. The first-order valence-corrected chi connectivity index (χ1v) is 11.5. The first-order chi connectivity index (χ1) is 14.4. The smallest absolute Gasteiger partial charge is 0.410 e. The minimum Gasteiger partial charge on any atom is -0.444 e. The molecule has 0 aromatic carbocycles. The van der Waals surface area contributed by atoms with E-state index in [9.17, 15) is 4.79 Å². The van der Waals surface area contributed by atoms with E-state index in [4.69, 9.17) is 19.2 Å². The maximum atomic E-state index is 12.2. The van der Waals surface area contributed by atoms with Crippen molar-refractivity contribution in [2.75, 3.05) is 59.2 Å². The molecule has 0 spiro atoms. The van der Waals surface area contributed by atoms with E-state index >= 15 is 0 Å². The van der Waals surface area contributed by atoms with E-state index in [1.807, 2.05) is 25.7 Å². The van der Waals surface area contributed by atoms with Gasteiger partial charge in [0.2, 0.25) is 0 Å². The Morgan fingerprint density at radius 2 is 1.90 bits per heavy atom. The van der Waals surface area contributed by atoms with Crippen molar-refractivity contribution in [2.24, 2.45) is 16.8 Å². The molecule has 0 aromatic rings. The molecule has 0 aromatic heterocycles. The number of carbonyl (C=O) groups excluding carboxylic acids is 1. The van der Waals surface area contributed by atoms with Gasteiger partial charge in [-0.15, -0.1) is 24.0 Å². The van der Waals surface area contributed by atoms with Gasteiger partial charge in [0.15, 0.2) is 5.96 Å². The van der Waals surface area contributed by atoms with Gasteiger partial charge in [-0.05, 0) is 59.3 Å². The highest BCUT2D eigenvalue weighted by molar-refractivity contribution is 14.0. The molecule has 0 aliphatic carbocycles. The molecule has 31 heavy (non-hydrogen) atoms. The normalized spacial score (nSPS) is 20.3. The molecular weight excluding hydrogens is 511 g/mol. The molecular formula is C22H43IN4O4. The van der Waals surface area contributed by atoms with Gasteiger partial charge in [-0.1, -0.05) is 0 Å². The van der Waals surface area contributed by atoms with Crippen LogP contribution in [0.4, 0.5) is 4.79 Å². The van der Waals surface area contributed by atoms with Crippen molar-refractivity contribution in [1.29, 1.82) is 0 Å². The number of carbonyl (C=O) groups is 1. The number of likely N-dealkylation sites (tertiary alicyclic amines) is 1. The van der Waals surface area contributed by atoms with Gasteiger partial charge >= 0.3 is 6.09 Å². The fourth-order valence-corrected chi connectivity index (χ4v) is 3.53. The Balaban J connectivity index is 0.00000480. The van der Waals surface area contributed by atoms with Gasteiger partial charge in [-0.25, -0.2) is 4.79 Å². The molecule has 0 radical (unpaired) electrons. The van der Waals surface area contributed by atoms with Crippen LogP contribution < -0.4 is 10.6 Å². The number of aliphatic imine (C=N–C) groups is 1. The van der Waals surface area contributed by atoms with Gasteiger partial charge in [0.25, 0.3) is 0 Å². The highest BCUT2D eigenvalue weighted by Crippen LogP contribution is 2.20. The molecule has 1 unspecified atom stereocenters. The summed E-state index contributed by atoms with van der Waals surface area (Å²) in [5, 5.41) is 6.70. The molecule has 2 N–H and O–H groups in total. The number of amides is 1. The third kappa shape index (κ3) is 12.1. The fourth-order valence-electron chi connectivity index (χ4n) is 3.53. The number of piperidine rings is 1. The quantitative estimate of drug-likeness (QED) is 0.197. The second kappa shape index (κ2) is 15.1. The van der Waals surface area contributed by atoms with Crippen LogP contribution in [0.1, 0.15) is 53.4 Å². The van der Waals surface area contributed by atoms with E-state index in [2.05, 4.69) is 17.6 Å². The maximum absolute atomic E-state index is 12.2. The topological polar surface area (TPSA) is 84.4 Å². The fraction of sp³-hybridized carbons (Fsp3) is 0.909. The van der Waals surface area contributed by atoms with Gasteiger partial charge in [0, 0.05) is 51.9 Å². The summed E-state index contributed by atoms with van der Waals surface area (Å²) >= 11 is 0. The van der Waals surface area contributed by atoms with Crippen molar-refractivity contribution in [3.8, 4) is 0 Å². The standard InChI is InChI=1S/C22H42N4O4.HI/c1-5-23-20(24-10-6-13-28-16-19-9-14-29-17-19)25-15-18-7-11-26(12-8-18)21(27)30-22(2,3)4;/h18-19H,5-17H2,1-4H3,(H2,23,24,25);1H. The lowest BCUT2D eigenvalue weighted by molar-refractivity contribution is 0.0187. The van der Waals surface area contributed by atoms with Gasteiger partial charge in [0.1, 0.15) is 5.60 Å². The zero-order chi connectivity index (χ0) is 21.8. The third-order valence-electron chi connectivity index (χ3n) is 5.25. The number of nitrogens with zero attached hydrogens (tertiary/aromatic N) is 2. The summed E-state index contributed by atoms with van der Waals surface area (Å²) in [4.78, 5) is 18.7. The van der Waals surface area contributed by atoms with Crippen molar-refractivity contribution >= 4 is 36.0 Å². The predicted molar refractivity (Wildman–Crippen MR) is 134 cm³/mol.